The minimum absolute atomic E-state index is 0.236. The fourth-order valence-corrected chi connectivity index (χ4v) is 2.07. The lowest BCUT2D eigenvalue weighted by molar-refractivity contribution is -0.150. The molecule has 2 unspecified atom stereocenters. The highest BCUT2D eigenvalue weighted by atomic mass is 16.4. The molecule has 4 nitrogen and oxygen atoms in total. The summed E-state index contributed by atoms with van der Waals surface area (Å²) < 4.78 is 0. The van der Waals surface area contributed by atoms with E-state index in [1.165, 1.54) is 0 Å². The third-order valence-corrected chi connectivity index (χ3v) is 3.35. The minimum atomic E-state index is -0.668. The molecule has 0 aromatic heterocycles. The highest BCUT2D eigenvalue weighted by Crippen LogP contribution is 2.22. The zero-order valence-corrected chi connectivity index (χ0v) is 9.94. The van der Waals surface area contributed by atoms with Crippen LogP contribution >= 0.6 is 0 Å². The molecule has 0 aromatic carbocycles. The first-order valence-corrected chi connectivity index (χ1v) is 5.77. The molecule has 1 aliphatic rings. The summed E-state index contributed by atoms with van der Waals surface area (Å²) in [6, 6.07) is 0.157. The second-order valence-corrected chi connectivity index (χ2v) is 4.30. The summed E-state index contributed by atoms with van der Waals surface area (Å²) in [4.78, 5) is 15.3. The van der Waals surface area contributed by atoms with E-state index in [1.54, 1.807) is 0 Å². The van der Waals surface area contributed by atoms with Gasteiger partial charge in [-0.1, -0.05) is 13.8 Å². The smallest absolute Gasteiger partial charge is 0.320 e. The zero-order valence-electron chi connectivity index (χ0n) is 9.94. The van der Waals surface area contributed by atoms with E-state index >= 15 is 0 Å². The van der Waals surface area contributed by atoms with Crippen molar-refractivity contribution in [3.8, 4) is 0 Å². The van der Waals surface area contributed by atoms with Gasteiger partial charge in [-0.25, -0.2) is 0 Å². The average Bonchev–Trinajstić information content (AvgIpc) is 2.13. The topological polar surface area (TPSA) is 43.8 Å². The van der Waals surface area contributed by atoms with Crippen LogP contribution in [0.2, 0.25) is 0 Å². The van der Waals surface area contributed by atoms with Crippen LogP contribution in [0.1, 0.15) is 26.7 Å². The molecular formula is C11H22N2O2. The van der Waals surface area contributed by atoms with Crippen LogP contribution in [0.25, 0.3) is 0 Å². The molecule has 0 aromatic rings. The molecule has 0 spiro atoms. The molecule has 1 aliphatic heterocycles. The molecule has 1 rings (SSSR count). The minimum Gasteiger partial charge on any atom is -0.480 e. The molecule has 0 bridgehead atoms. The normalized spacial score (nSPS) is 23.9. The van der Waals surface area contributed by atoms with Gasteiger partial charge in [0.05, 0.1) is 0 Å². The average molecular weight is 214 g/mol. The summed E-state index contributed by atoms with van der Waals surface area (Å²) in [5.74, 6) is -0.668. The van der Waals surface area contributed by atoms with Crippen molar-refractivity contribution in [2.24, 2.45) is 0 Å². The standard InChI is InChI=1S/C11H22N2O2/c1-4-9(8-12(3)5-2)13-7-6-10(13)11(14)15/h9-10H,4-8H2,1-3H3,(H,14,15). The van der Waals surface area contributed by atoms with Gasteiger partial charge in [0.25, 0.3) is 0 Å². The number of carbonyl (C=O) groups is 1. The Bertz CT molecular complexity index is 221. The van der Waals surface area contributed by atoms with Gasteiger partial charge in [-0.05, 0) is 26.4 Å². The second-order valence-electron chi connectivity index (χ2n) is 4.30. The number of hydrogen-bond acceptors (Lipinski definition) is 3. The zero-order chi connectivity index (χ0) is 11.4. The fourth-order valence-electron chi connectivity index (χ4n) is 2.07. The Kier molecular flexibility index (Phi) is 4.54. The first kappa shape index (κ1) is 12.5. The highest BCUT2D eigenvalue weighted by Gasteiger charge is 2.38. The van der Waals surface area contributed by atoms with Crippen molar-refractivity contribution in [2.75, 3.05) is 26.7 Å². The molecule has 0 radical (unpaired) electrons. The molecule has 2 atom stereocenters. The number of likely N-dealkylation sites (N-methyl/N-ethyl adjacent to an activating group) is 1. The maximum Gasteiger partial charge on any atom is 0.320 e. The molecular weight excluding hydrogens is 192 g/mol. The van der Waals surface area contributed by atoms with E-state index in [-0.39, 0.29) is 6.04 Å². The third kappa shape index (κ3) is 2.92. The van der Waals surface area contributed by atoms with Crippen LogP contribution in [0.5, 0.6) is 0 Å². The van der Waals surface area contributed by atoms with Gasteiger partial charge >= 0.3 is 5.97 Å². The Morgan fingerprint density at radius 1 is 1.60 bits per heavy atom. The molecule has 1 fully saturated rings. The van der Waals surface area contributed by atoms with E-state index in [0.29, 0.717) is 6.04 Å². The van der Waals surface area contributed by atoms with Crippen LogP contribution in [0.15, 0.2) is 0 Å². The van der Waals surface area contributed by atoms with Crippen LogP contribution in [0.3, 0.4) is 0 Å². The van der Waals surface area contributed by atoms with Gasteiger partial charge in [0, 0.05) is 19.1 Å². The van der Waals surface area contributed by atoms with E-state index in [9.17, 15) is 4.79 Å². The Balaban J connectivity index is 2.48. The van der Waals surface area contributed by atoms with Gasteiger partial charge in [-0.2, -0.15) is 0 Å². The number of carboxylic acid groups (broad SMARTS) is 1. The number of likely N-dealkylation sites (tertiary alicyclic amines) is 1. The monoisotopic (exact) mass is 214 g/mol. The second kappa shape index (κ2) is 5.47. The Morgan fingerprint density at radius 3 is 2.60 bits per heavy atom. The molecule has 1 N–H and O–H groups in total. The van der Waals surface area contributed by atoms with E-state index in [4.69, 9.17) is 5.11 Å². The molecule has 0 aliphatic carbocycles. The van der Waals surface area contributed by atoms with Crippen LogP contribution in [0, 0.1) is 0 Å². The first-order valence-electron chi connectivity index (χ1n) is 5.77. The van der Waals surface area contributed by atoms with E-state index in [2.05, 4.69) is 30.7 Å². The van der Waals surface area contributed by atoms with Crippen molar-refractivity contribution in [3.63, 3.8) is 0 Å². The number of rotatable bonds is 6. The predicted molar refractivity (Wildman–Crippen MR) is 60.0 cm³/mol. The molecule has 1 heterocycles. The van der Waals surface area contributed by atoms with Gasteiger partial charge < -0.3 is 10.0 Å². The SMILES string of the molecule is CCC(CN(C)CC)N1CCC1C(=O)O. The summed E-state index contributed by atoms with van der Waals surface area (Å²) in [5.41, 5.74) is 0. The summed E-state index contributed by atoms with van der Waals surface area (Å²) in [6.07, 6.45) is 1.83. The Hall–Kier alpha value is -0.610. The lowest BCUT2D eigenvalue weighted by Crippen LogP contribution is -2.59. The van der Waals surface area contributed by atoms with Crippen molar-refractivity contribution >= 4 is 5.97 Å². The lowest BCUT2D eigenvalue weighted by Gasteiger charge is -2.44. The Labute approximate surface area is 91.9 Å². The van der Waals surface area contributed by atoms with Crippen LogP contribution in [-0.4, -0.2) is 59.6 Å². The first-order chi connectivity index (χ1) is 7.10. The maximum atomic E-state index is 10.9. The third-order valence-electron chi connectivity index (χ3n) is 3.35. The lowest BCUT2D eigenvalue weighted by atomic mass is 9.98. The number of nitrogens with zero attached hydrogens (tertiary/aromatic N) is 2. The van der Waals surface area contributed by atoms with Crippen LogP contribution in [0.4, 0.5) is 0 Å². The number of aliphatic carboxylic acids is 1. The van der Waals surface area contributed by atoms with Gasteiger partial charge in [0.15, 0.2) is 0 Å². The summed E-state index contributed by atoms with van der Waals surface area (Å²) in [6.45, 7) is 7.18. The molecule has 15 heavy (non-hydrogen) atoms. The fraction of sp³-hybridized carbons (Fsp3) is 0.909. The number of hydrogen-bond donors (Lipinski definition) is 1. The van der Waals surface area contributed by atoms with E-state index in [0.717, 1.165) is 32.5 Å². The van der Waals surface area contributed by atoms with Crippen molar-refractivity contribution in [1.29, 1.82) is 0 Å². The molecule has 4 heteroatoms. The van der Waals surface area contributed by atoms with Crippen molar-refractivity contribution in [2.45, 2.75) is 38.8 Å². The largest absolute Gasteiger partial charge is 0.480 e. The van der Waals surface area contributed by atoms with Gasteiger partial charge in [0.2, 0.25) is 0 Å². The number of carboxylic acids is 1. The summed E-state index contributed by atoms with van der Waals surface area (Å²) >= 11 is 0. The molecule has 88 valence electrons. The van der Waals surface area contributed by atoms with E-state index < -0.39 is 5.97 Å². The van der Waals surface area contributed by atoms with Crippen LogP contribution in [-0.2, 0) is 4.79 Å². The van der Waals surface area contributed by atoms with Crippen LogP contribution < -0.4 is 0 Å². The quantitative estimate of drug-likeness (QED) is 0.712. The summed E-state index contributed by atoms with van der Waals surface area (Å²) in [7, 11) is 2.08. The predicted octanol–water partition coefficient (Wildman–Crippen LogP) is 0.876. The molecule has 0 saturated carbocycles. The maximum absolute atomic E-state index is 10.9. The van der Waals surface area contributed by atoms with Gasteiger partial charge in [-0.15, -0.1) is 0 Å². The molecule has 0 amide bonds. The van der Waals surface area contributed by atoms with Crippen molar-refractivity contribution in [1.82, 2.24) is 9.80 Å². The van der Waals surface area contributed by atoms with Crippen molar-refractivity contribution in [3.05, 3.63) is 0 Å². The van der Waals surface area contributed by atoms with Gasteiger partial charge in [0.1, 0.15) is 6.04 Å². The molecule has 1 saturated heterocycles. The van der Waals surface area contributed by atoms with E-state index in [1.807, 2.05) is 0 Å². The Morgan fingerprint density at radius 2 is 2.27 bits per heavy atom. The summed E-state index contributed by atoms with van der Waals surface area (Å²) in [5, 5.41) is 8.98. The highest BCUT2D eigenvalue weighted by molar-refractivity contribution is 5.74. The van der Waals surface area contributed by atoms with Crippen molar-refractivity contribution < 1.29 is 9.90 Å². The van der Waals surface area contributed by atoms with Gasteiger partial charge in [-0.3, -0.25) is 9.69 Å².